The summed E-state index contributed by atoms with van der Waals surface area (Å²) in [4.78, 5) is -0.493. The maximum atomic E-state index is 13.1. The summed E-state index contributed by atoms with van der Waals surface area (Å²) in [6.45, 7) is 0. The van der Waals surface area contributed by atoms with Gasteiger partial charge in [0.1, 0.15) is 10.7 Å². The second kappa shape index (κ2) is 5.48. The summed E-state index contributed by atoms with van der Waals surface area (Å²) in [6.07, 6.45) is -4.52. The van der Waals surface area contributed by atoms with Gasteiger partial charge >= 0.3 is 6.18 Å². The van der Waals surface area contributed by atoms with Gasteiger partial charge in [0.05, 0.1) is 11.3 Å². The van der Waals surface area contributed by atoms with E-state index in [9.17, 15) is 26.0 Å². The molecule has 2 aromatic rings. The van der Waals surface area contributed by atoms with Crippen LogP contribution in [0, 0.1) is 5.82 Å². The summed E-state index contributed by atoms with van der Waals surface area (Å²) < 4.78 is 76.6. The molecule has 22 heavy (non-hydrogen) atoms. The number of hydrogen-bond donors (Lipinski definition) is 2. The number of nitrogens with two attached hydrogens (primary N) is 1. The maximum absolute atomic E-state index is 13.1. The monoisotopic (exact) mass is 334 g/mol. The van der Waals surface area contributed by atoms with E-state index >= 15 is 0 Å². The molecule has 0 aliphatic carbocycles. The maximum Gasteiger partial charge on any atom is 0.416 e. The Balaban J connectivity index is 2.31. The molecule has 0 bridgehead atoms. The van der Waals surface area contributed by atoms with Crippen molar-refractivity contribution in [2.24, 2.45) is 0 Å². The lowest BCUT2D eigenvalue weighted by atomic mass is 10.2. The number of halogens is 4. The summed E-state index contributed by atoms with van der Waals surface area (Å²) in [5.41, 5.74) is 4.28. The Labute approximate surface area is 123 Å². The largest absolute Gasteiger partial charge is 0.416 e. The first-order valence-corrected chi connectivity index (χ1v) is 7.33. The summed E-state index contributed by atoms with van der Waals surface area (Å²) >= 11 is 0. The molecule has 0 aliphatic heterocycles. The fraction of sp³-hybridized carbons (Fsp3) is 0.0769. The number of nitrogen functional groups attached to an aromatic ring is 1. The van der Waals surface area contributed by atoms with Crippen LogP contribution in [0.15, 0.2) is 47.4 Å². The van der Waals surface area contributed by atoms with Crippen LogP contribution in [0.25, 0.3) is 0 Å². The Morgan fingerprint density at radius 1 is 1.00 bits per heavy atom. The number of alkyl halides is 3. The van der Waals surface area contributed by atoms with Crippen molar-refractivity contribution in [2.45, 2.75) is 11.1 Å². The topological polar surface area (TPSA) is 72.2 Å². The second-order valence-corrected chi connectivity index (χ2v) is 6.01. The number of rotatable bonds is 3. The molecular formula is C13H10F4N2O2S. The average molecular weight is 334 g/mol. The van der Waals surface area contributed by atoms with Gasteiger partial charge in [-0.3, -0.25) is 4.72 Å². The number of anilines is 2. The van der Waals surface area contributed by atoms with Gasteiger partial charge in [-0.1, -0.05) is 0 Å². The van der Waals surface area contributed by atoms with Crippen molar-refractivity contribution in [3.8, 4) is 0 Å². The Hall–Kier alpha value is -2.29. The highest BCUT2D eigenvalue weighted by molar-refractivity contribution is 7.92. The van der Waals surface area contributed by atoms with Gasteiger partial charge in [0.15, 0.2) is 0 Å². The summed E-state index contributed by atoms with van der Waals surface area (Å²) in [7, 11) is -4.21. The van der Waals surface area contributed by atoms with E-state index in [0.29, 0.717) is 0 Å². The normalized spacial score (nSPS) is 12.2. The van der Waals surface area contributed by atoms with Crippen molar-refractivity contribution >= 4 is 21.4 Å². The fourth-order valence-electron chi connectivity index (χ4n) is 1.68. The van der Waals surface area contributed by atoms with E-state index in [-0.39, 0.29) is 11.4 Å². The zero-order valence-electron chi connectivity index (χ0n) is 10.9. The van der Waals surface area contributed by atoms with E-state index in [1.807, 2.05) is 4.72 Å². The lowest BCUT2D eigenvalue weighted by molar-refractivity contribution is -0.137. The van der Waals surface area contributed by atoms with Crippen LogP contribution in [0.1, 0.15) is 5.56 Å². The SMILES string of the molecule is Nc1ccc(F)cc1S(=O)(=O)Nc1ccc(C(F)(F)F)cc1. The van der Waals surface area contributed by atoms with Gasteiger partial charge in [-0.05, 0) is 42.5 Å². The zero-order valence-corrected chi connectivity index (χ0v) is 11.7. The van der Waals surface area contributed by atoms with Crippen molar-refractivity contribution in [3.05, 3.63) is 53.8 Å². The Morgan fingerprint density at radius 2 is 1.59 bits per heavy atom. The van der Waals surface area contributed by atoms with Crippen LogP contribution in [0.3, 0.4) is 0 Å². The highest BCUT2D eigenvalue weighted by atomic mass is 32.2. The van der Waals surface area contributed by atoms with Gasteiger partial charge in [-0.15, -0.1) is 0 Å². The fourth-order valence-corrected chi connectivity index (χ4v) is 2.88. The van der Waals surface area contributed by atoms with Crippen LogP contribution in [0.4, 0.5) is 28.9 Å². The summed E-state index contributed by atoms with van der Waals surface area (Å²) in [5, 5.41) is 0. The molecule has 0 amide bonds. The number of nitrogens with one attached hydrogen (secondary N) is 1. The second-order valence-electron chi connectivity index (χ2n) is 4.36. The third-order valence-corrected chi connectivity index (χ3v) is 4.17. The molecule has 0 atom stereocenters. The smallest absolute Gasteiger partial charge is 0.398 e. The Morgan fingerprint density at radius 3 is 2.14 bits per heavy atom. The minimum Gasteiger partial charge on any atom is -0.398 e. The molecule has 4 nitrogen and oxygen atoms in total. The predicted molar refractivity (Wildman–Crippen MR) is 73.1 cm³/mol. The summed E-state index contributed by atoms with van der Waals surface area (Å²) in [5.74, 6) is -0.804. The third kappa shape index (κ3) is 3.48. The molecule has 0 fully saturated rings. The van der Waals surface area contributed by atoms with Crippen LogP contribution in [0.2, 0.25) is 0 Å². The Kier molecular flexibility index (Phi) is 4.01. The van der Waals surface area contributed by atoms with Gasteiger partial charge in [0.2, 0.25) is 0 Å². The molecule has 0 saturated carbocycles. The van der Waals surface area contributed by atoms with E-state index in [1.165, 1.54) is 0 Å². The molecule has 0 aliphatic rings. The van der Waals surface area contributed by atoms with E-state index in [0.717, 1.165) is 42.5 Å². The molecular weight excluding hydrogens is 324 g/mol. The van der Waals surface area contributed by atoms with Gasteiger partial charge in [0.25, 0.3) is 10.0 Å². The van der Waals surface area contributed by atoms with Gasteiger partial charge in [-0.25, -0.2) is 12.8 Å². The number of sulfonamides is 1. The van der Waals surface area contributed by atoms with E-state index in [4.69, 9.17) is 5.73 Å². The molecule has 2 aromatic carbocycles. The molecule has 118 valence electrons. The molecule has 3 N–H and O–H groups in total. The van der Waals surface area contributed by atoms with E-state index in [2.05, 4.69) is 0 Å². The van der Waals surface area contributed by atoms with Gasteiger partial charge in [-0.2, -0.15) is 13.2 Å². The first kappa shape index (κ1) is 16.1. The van der Waals surface area contributed by atoms with E-state index in [1.54, 1.807) is 0 Å². The zero-order chi connectivity index (χ0) is 16.5. The Bertz CT molecular complexity index is 787. The van der Waals surface area contributed by atoms with Crippen molar-refractivity contribution in [2.75, 3.05) is 10.5 Å². The quantitative estimate of drug-likeness (QED) is 0.669. The molecule has 0 spiro atoms. The lowest BCUT2D eigenvalue weighted by Gasteiger charge is -2.11. The standard InChI is InChI=1S/C13H10F4N2O2S/c14-9-3-6-11(18)12(7-9)22(20,21)19-10-4-1-8(2-5-10)13(15,16)17/h1-7,19H,18H2. The number of benzene rings is 2. The molecule has 0 unspecified atom stereocenters. The van der Waals surface area contributed by atoms with E-state index < -0.39 is 32.5 Å². The minimum atomic E-state index is -4.52. The molecule has 2 rings (SSSR count). The average Bonchev–Trinajstić information content (AvgIpc) is 2.40. The van der Waals surface area contributed by atoms with Crippen LogP contribution >= 0.6 is 0 Å². The van der Waals surface area contributed by atoms with Gasteiger partial charge in [0, 0.05) is 5.69 Å². The molecule has 0 heterocycles. The van der Waals surface area contributed by atoms with Crippen LogP contribution < -0.4 is 10.5 Å². The van der Waals surface area contributed by atoms with Crippen LogP contribution in [0.5, 0.6) is 0 Å². The van der Waals surface area contributed by atoms with Gasteiger partial charge < -0.3 is 5.73 Å². The van der Waals surface area contributed by atoms with Crippen molar-refractivity contribution < 1.29 is 26.0 Å². The first-order chi connectivity index (χ1) is 10.1. The van der Waals surface area contributed by atoms with Crippen molar-refractivity contribution in [3.63, 3.8) is 0 Å². The minimum absolute atomic E-state index is 0.100. The molecule has 0 radical (unpaired) electrons. The highest BCUT2D eigenvalue weighted by Crippen LogP contribution is 2.30. The van der Waals surface area contributed by atoms with Crippen molar-refractivity contribution in [1.29, 1.82) is 0 Å². The lowest BCUT2D eigenvalue weighted by Crippen LogP contribution is -2.15. The first-order valence-electron chi connectivity index (χ1n) is 5.85. The van der Waals surface area contributed by atoms with Crippen molar-refractivity contribution in [1.82, 2.24) is 0 Å². The van der Waals surface area contributed by atoms with Crippen LogP contribution in [-0.4, -0.2) is 8.42 Å². The van der Waals surface area contributed by atoms with Crippen LogP contribution in [-0.2, 0) is 16.2 Å². The molecule has 9 heteroatoms. The molecule has 0 aromatic heterocycles. The third-order valence-electron chi connectivity index (χ3n) is 2.73. The molecule has 0 saturated heterocycles. The summed E-state index contributed by atoms with van der Waals surface area (Å²) in [6, 6.07) is 6.16. The highest BCUT2D eigenvalue weighted by Gasteiger charge is 2.30. The predicted octanol–water partition coefficient (Wildman–Crippen LogP) is 3.23. The number of hydrogen-bond acceptors (Lipinski definition) is 3.